The molecular weight excluding hydrogens is 238 g/mol. The van der Waals surface area contributed by atoms with Gasteiger partial charge in [0.05, 0.1) is 0 Å². The number of hydrogen-bond donors (Lipinski definition) is 1. The van der Waals surface area contributed by atoms with E-state index in [0.717, 1.165) is 0 Å². The molecule has 6 heteroatoms. The molecule has 0 spiro atoms. The number of benzene rings is 1. The van der Waals surface area contributed by atoms with Gasteiger partial charge in [-0.25, -0.2) is 4.39 Å². The first kappa shape index (κ1) is 13.9. The van der Waals surface area contributed by atoms with Crippen LogP contribution in [0.4, 0.5) is 17.6 Å². The third-order valence-electron chi connectivity index (χ3n) is 2.20. The fourth-order valence-electron chi connectivity index (χ4n) is 1.41. The summed E-state index contributed by atoms with van der Waals surface area (Å²) in [6.45, 7) is -0.398. The lowest BCUT2D eigenvalue weighted by atomic mass is 10.2. The van der Waals surface area contributed by atoms with Gasteiger partial charge >= 0.3 is 6.18 Å². The molecule has 2 nitrogen and oxygen atoms in total. The highest BCUT2D eigenvalue weighted by atomic mass is 19.4. The SMILES string of the molecule is CN(Cc1cccc(F)c1)CC(O)C(F)(F)F. The molecule has 0 heterocycles. The minimum absolute atomic E-state index is 0.144. The first-order valence-corrected chi connectivity index (χ1v) is 4.97. The Hall–Kier alpha value is -1.14. The van der Waals surface area contributed by atoms with Crippen molar-refractivity contribution in [1.82, 2.24) is 4.90 Å². The summed E-state index contributed by atoms with van der Waals surface area (Å²) in [6.07, 6.45) is -7.02. The lowest BCUT2D eigenvalue weighted by Crippen LogP contribution is -2.39. The molecule has 1 unspecified atom stereocenters. The summed E-state index contributed by atoms with van der Waals surface area (Å²) < 4.78 is 49.0. The summed E-state index contributed by atoms with van der Waals surface area (Å²) in [5, 5.41) is 8.85. The van der Waals surface area contributed by atoms with Gasteiger partial charge in [0, 0.05) is 13.1 Å². The first-order valence-electron chi connectivity index (χ1n) is 4.97. The van der Waals surface area contributed by atoms with Gasteiger partial charge < -0.3 is 5.11 Å². The van der Waals surface area contributed by atoms with Crippen molar-refractivity contribution in [3.63, 3.8) is 0 Å². The van der Waals surface area contributed by atoms with Crippen LogP contribution in [-0.2, 0) is 6.54 Å². The molecule has 0 aromatic heterocycles. The summed E-state index contributed by atoms with van der Waals surface area (Å²) in [4.78, 5) is 1.28. The van der Waals surface area contributed by atoms with Crippen LogP contribution in [-0.4, -0.2) is 35.9 Å². The summed E-state index contributed by atoms with van der Waals surface area (Å²) in [7, 11) is 1.43. The Morgan fingerprint density at radius 2 is 2.00 bits per heavy atom. The predicted octanol–water partition coefficient (Wildman–Crippen LogP) is 2.18. The van der Waals surface area contributed by atoms with Crippen LogP contribution < -0.4 is 0 Å². The molecule has 0 radical (unpaired) electrons. The summed E-state index contributed by atoms with van der Waals surface area (Å²) in [6, 6.07) is 5.60. The van der Waals surface area contributed by atoms with Crippen molar-refractivity contribution in [3.8, 4) is 0 Å². The van der Waals surface area contributed by atoms with Crippen LogP contribution in [0.2, 0.25) is 0 Å². The van der Waals surface area contributed by atoms with E-state index in [0.29, 0.717) is 5.56 Å². The number of likely N-dealkylation sites (N-methyl/N-ethyl adjacent to an activating group) is 1. The second kappa shape index (κ2) is 5.46. The highest BCUT2D eigenvalue weighted by Crippen LogP contribution is 2.20. The molecule has 17 heavy (non-hydrogen) atoms. The van der Waals surface area contributed by atoms with E-state index in [1.165, 1.54) is 30.1 Å². The predicted molar refractivity (Wildman–Crippen MR) is 54.8 cm³/mol. The number of aliphatic hydroxyl groups excluding tert-OH is 1. The molecule has 0 saturated heterocycles. The van der Waals surface area contributed by atoms with Crippen LogP contribution in [0.25, 0.3) is 0 Å². The molecule has 0 amide bonds. The maximum Gasteiger partial charge on any atom is 0.415 e. The van der Waals surface area contributed by atoms with E-state index < -0.39 is 24.6 Å². The molecule has 1 rings (SSSR count). The van der Waals surface area contributed by atoms with Gasteiger partial charge in [-0.05, 0) is 24.7 Å². The number of hydrogen-bond acceptors (Lipinski definition) is 2. The van der Waals surface area contributed by atoms with Crippen molar-refractivity contribution in [2.45, 2.75) is 18.8 Å². The van der Waals surface area contributed by atoms with Gasteiger partial charge in [0.2, 0.25) is 0 Å². The Balaban J connectivity index is 2.53. The molecule has 96 valence electrons. The van der Waals surface area contributed by atoms with Gasteiger partial charge in [-0.15, -0.1) is 0 Å². The fourth-order valence-corrected chi connectivity index (χ4v) is 1.41. The van der Waals surface area contributed by atoms with Gasteiger partial charge in [0.25, 0.3) is 0 Å². The minimum Gasteiger partial charge on any atom is -0.382 e. The molecule has 1 aromatic rings. The second-order valence-corrected chi connectivity index (χ2v) is 3.88. The Bertz CT molecular complexity index is 367. The monoisotopic (exact) mass is 251 g/mol. The van der Waals surface area contributed by atoms with E-state index in [9.17, 15) is 17.6 Å². The maximum absolute atomic E-state index is 12.8. The van der Waals surface area contributed by atoms with E-state index in [4.69, 9.17) is 5.11 Å². The van der Waals surface area contributed by atoms with E-state index in [-0.39, 0.29) is 6.54 Å². The first-order chi connectivity index (χ1) is 7.79. The van der Waals surface area contributed by atoms with Crippen molar-refractivity contribution < 1.29 is 22.7 Å². The molecule has 0 bridgehead atoms. The number of rotatable bonds is 4. The summed E-state index contributed by atoms with van der Waals surface area (Å²) in [5.74, 6) is -0.438. The quantitative estimate of drug-likeness (QED) is 0.829. The molecule has 0 fully saturated rings. The number of aliphatic hydroxyl groups is 1. The van der Waals surface area contributed by atoms with Gasteiger partial charge in [-0.2, -0.15) is 13.2 Å². The molecule has 1 N–H and O–H groups in total. The number of nitrogens with zero attached hydrogens (tertiary/aromatic N) is 1. The molecule has 1 atom stereocenters. The molecule has 0 aliphatic rings. The largest absolute Gasteiger partial charge is 0.415 e. The zero-order valence-electron chi connectivity index (χ0n) is 9.21. The molecular formula is C11H13F4NO. The maximum atomic E-state index is 12.8. The Kier molecular flexibility index (Phi) is 4.47. The summed E-state index contributed by atoms with van der Waals surface area (Å²) in [5.41, 5.74) is 0.557. The Morgan fingerprint density at radius 3 is 2.53 bits per heavy atom. The van der Waals surface area contributed by atoms with Crippen LogP contribution in [0.3, 0.4) is 0 Å². The summed E-state index contributed by atoms with van der Waals surface area (Å²) >= 11 is 0. The third kappa shape index (κ3) is 4.70. The van der Waals surface area contributed by atoms with E-state index in [2.05, 4.69) is 0 Å². The Morgan fingerprint density at radius 1 is 1.35 bits per heavy atom. The number of halogens is 4. The van der Waals surface area contributed by atoms with Crippen molar-refractivity contribution in [2.75, 3.05) is 13.6 Å². The van der Waals surface area contributed by atoms with Gasteiger partial charge in [-0.1, -0.05) is 12.1 Å². The van der Waals surface area contributed by atoms with Crippen molar-refractivity contribution in [2.24, 2.45) is 0 Å². The number of alkyl halides is 3. The minimum atomic E-state index is -4.63. The fraction of sp³-hybridized carbons (Fsp3) is 0.455. The molecule has 0 aliphatic carbocycles. The van der Waals surface area contributed by atoms with Crippen LogP contribution in [0.15, 0.2) is 24.3 Å². The lowest BCUT2D eigenvalue weighted by Gasteiger charge is -2.22. The second-order valence-electron chi connectivity index (χ2n) is 3.88. The van der Waals surface area contributed by atoms with Crippen molar-refractivity contribution >= 4 is 0 Å². The zero-order valence-corrected chi connectivity index (χ0v) is 9.21. The van der Waals surface area contributed by atoms with Crippen LogP contribution in [0, 0.1) is 5.82 Å². The van der Waals surface area contributed by atoms with E-state index in [1.807, 2.05) is 0 Å². The van der Waals surface area contributed by atoms with Crippen molar-refractivity contribution in [1.29, 1.82) is 0 Å². The molecule has 0 saturated carbocycles. The average molecular weight is 251 g/mol. The highest BCUT2D eigenvalue weighted by molar-refractivity contribution is 5.16. The normalized spacial score (nSPS) is 14.1. The van der Waals surface area contributed by atoms with Crippen LogP contribution in [0.1, 0.15) is 5.56 Å². The molecule has 0 aliphatic heterocycles. The Labute approximate surface area is 96.5 Å². The zero-order chi connectivity index (χ0) is 13.1. The van der Waals surface area contributed by atoms with Crippen molar-refractivity contribution in [3.05, 3.63) is 35.6 Å². The van der Waals surface area contributed by atoms with E-state index in [1.54, 1.807) is 6.07 Å². The van der Waals surface area contributed by atoms with Crippen LogP contribution >= 0.6 is 0 Å². The third-order valence-corrected chi connectivity index (χ3v) is 2.20. The van der Waals surface area contributed by atoms with Gasteiger partial charge in [-0.3, -0.25) is 4.90 Å². The van der Waals surface area contributed by atoms with Gasteiger partial charge in [0.1, 0.15) is 5.82 Å². The standard InChI is InChI=1S/C11H13F4NO/c1-16(7-10(17)11(13,14)15)6-8-3-2-4-9(12)5-8/h2-5,10,17H,6-7H2,1H3. The van der Waals surface area contributed by atoms with E-state index >= 15 is 0 Å². The average Bonchev–Trinajstić information content (AvgIpc) is 2.15. The van der Waals surface area contributed by atoms with Gasteiger partial charge in [0.15, 0.2) is 6.10 Å². The topological polar surface area (TPSA) is 23.5 Å². The molecule has 1 aromatic carbocycles. The lowest BCUT2D eigenvalue weighted by molar-refractivity contribution is -0.207. The smallest absolute Gasteiger partial charge is 0.382 e. The highest BCUT2D eigenvalue weighted by Gasteiger charge is 2.38. The van der Waals surface area contributed by atoms with Crippen LogP contribution in [0.5, 0.6) is 0 Å².